The molecule has 0 saturated heterocycles. The molecule has 5 heteroatoms. The second-order valence-electron chi connectivity index (χ2n) is 6.00. The molecule has 1 heterocycles. The van der Waals surface area contributed by atoms with Crippen molar-refractivity contribution in [2.75, 3.05) is 30.0 Å². The van der Waals surface area contributed by atoms with E-state index in [1.54, 1.807) is 0 Å². The highest BCUT2D eigenvalue weighted by Gasteiger charge is 2.19. The van der Waals surface area contributed by atoms with E-state index in [0.29, 0.717) is 5.25 Å². The molecule has 4 nitrogen and oxygen atoms in total. The first-order valence-corrected chi connectivity index (χ1v) is 8.55. The third-order valence-electron chi connectivity index (χ3n) is 3.01. The number of aromatic nitrogens is 2. The molecule has 0 saturated carbocycles. The van der Waals surface area contributed by atoms with Crippen LogP contribution in [0.5, 0.6) is 0 Å². The summed E-state index contributed by atoms with van der Waals surface area (Å²) in [6.07, 6.45) is 3.28. The Hall–Kier alpha value is -0.970. The number of thioether (sulfide) groups is 1. The summed E-state index contributed by atoms with van der Waals surface area (Å²) in [5, 5.41) is 7.36. The lowest BCUT2D eigenvalue weighted by molar-refractivity contribution is 0.546. The summed E-state index contributed by atoms with van der Waals surface area (Å²) in [5.74, 6) is 2.68. The van der Waals surface area contributed by atoms with Crippen LogP contribution in [-0.2, 0) is 5.41 Å². The SMILES string of the molecule is CCNc1cc(NCCC(C)SC)nc(C(C)(C)C)n1. The van der Waals surface area contributed by atoms with Gasteiger partial charge >= 0.3 is 0 Å². The van der Waals surface area contributed by atoms with E-state index in [1.165, 1.54) is 0 Å². The predicted molar refractivity (Wildman–Crippen MR) is 91.0 cm³/mol. The van der Waals surface area contributed by atoms with Crippen molar-refractivity contribution in [3.05, 3.63) is 11.9 Å². The van der Waals surface area contributed by atoms with Crippen LogP contribution < -0.4 is 10.6 Å². The summed E-state index contributed by atoms with van der Waals surface area (Å²) >= 11 is 1.89. The molecule has 20 heavy (non-hydrogen) atoms. The van der Waals surface area contributed by atoms with Gasteiger partial charge in [0.25, 0.3) is 0 Å². The van der Waals surface area contributed by atoms with E-state index in [9.17, 15) is 0 Å². The fourth-order valence-electron chi connectivity index (χ4n) is 1.67. The number of rotatable bonds is 7. The fraction of sp³-hybridized carbons (Fsp3) is 0.733. The van der Waals surface area contributed by atoms with Gasteiger partial charge in [0.05, 0.1) is 0 Å². The first-order chi connectivity index (χ1) is 9.36. The minimum Gasteiger partial charge on any atom is -0.370 e. The molecule has 1 aromatic rings. The quantitative estimate of drug-likeness (QED) is 0.802. The summed E-state index contributed by atoms with van der Waals surface area (Å²) in [6, 6.07) is 1.99. The molecule has 0 aromatic carbocycles. The highest BCUT2D eigenvalue weighted by molar-refractivity contribution is 7.99. The first-order valence-electron chi connectivity index (χ1n) is 7.27. The largest absolute Gasteiger partial charge is 0.370 e. The number of nitrogens with one attached hydrogen (secondary N) is 2. The molecular weight excluding hydrogens is 268 g/mol. The minimum atomic E-state index is -0.0472. The molecule has 0 fully saturated rings. The average Bonchev–Trinajstić information content (AvgIpc) is 2.37. The van der Waals surface area contributed by atoms with Crippen LogP contribution in [0.3, 0.4) is 0 Å². The Morgan fingerprint density at radius 2 is 1.80 bits per heavy atom. The van der Waals surface area contributed by atoms with E-state index in [0.717, 1.165) is 37.0 Å². The summed E-state index contributed by atoms with van der Waals surface area (Å²) in [4.78, 5) is 9.23. The molecule has 0 aliphatic heterocycles. The maximum Gasteiger partial charge on any atom is 0.138 e. The maximum absolute atomic E-state index is 4.64. The Morgan fingerprint density at radius 1 is 1.20 bits per heavy atom. The van der Waals surface area contributed by atoms with E-state index < -0.39 is 0 Å². The van der Waals surface area contributed by atoms with Gasteiger partial charge < -0.3 is 10.6 Å². The smallest absolute Gasteiger partial charge is 0.138 e. The van der Waals surface area contributed by atoms with Crippen molar-refractivity contribution in [1.29, 1.82) is 0 Å². The topological polar surface area (TPSA) is 49.8 Å². The first kappa shape index (κ1) is 17.1. The lowest BCUT2D eigenvalue weighted by Crippen LogP contribution is -2.19. The lowest BCUT2D eigenvalue weighted by atomic mass is 9.96. The van der Waals surface area contributed by atoms with Crippen molar-refractivity contribution in [2.45, 2.75) is 51.7 Å². The van der Waals surface area contributed by atoms with Crippen molar-refractivity contribution < 1.29 is 0 Å². The van der Waals surface area contributed by atoms with Gasteiger partial charge in [0.15, 0.2) is 0 Å². The van der Waals surface area contributed by atoms with Crippen molar-refractivity contribution in [3.8, 4) is 0 Å². The number of nitrogens with zero attached hydrogens (tertiary/aromatic N) is 2. The Balaban J connectivity index is 2.81. The molecule has 0 spiro atoms. The molecule has 2 N–H and O–H groups in total. The van der Waals surface area contributed by atoms with Crippen molar-refractivity contribution in [1.82, 2.24) is 9.97 Å². The van der Waals surface area contributed by atoms with E-state index in [-0.39, 0.29) is 5.41 Å². The molecule has 1 rings (SSSR count). The standard InChI is InChI=1S/C15H28N4S/c1-7-16-12-10-13(17-9-8-11(2)20-6)19-14(18-12)15(3,4)5/h10-11H,7-9H2,1-6H3,(H2,16,17,18,19). The van der Waals surface area contributed by atoms with Crippen molar-refractivity contribution in [3.63, 3.8) is 0 Å². The van der Waals surface area contributed by atoms with E-state index in [2.05, 4.69) is 61.5 Å². The molecule has 0 bridgehead atoms. The highest BCUT2D eigenvalue weighted by Crippen LogP contribution is 2.22. The van der Waals surface area contributed by atoms with Crippen LogP contribution in [0.4, 0.5) is 11.6 Å². The Morgan fingerprint density at radius 3 is 2.30 bits per heavy atom. The number of anilines is 2. The van der Waals surface area contributed by atoms with Gasteiger partial charge in [0.1, 0.15) is 17.5 Å². The molecule has 114 valence electrons. The van der Waals surface area contributed by atoms with Gasteiger partial charge in [-0.3, -0.25) is 0 Å². The zero-order valence-electron chi connectivity index (χ0n) is 13.6. The molecule has 1 unspecified atom stereocenters. The highest BCUT2D eigenvalue weighted by atomic mass is 32.2. The average molecular weight is 296 g/mol. The van der Waals surface area contributed by atoms with Crippen LogP contribution in [-0.4, -0.2) is 34.6 Å². The van der Waals surface area contributed by atoms with Crippen LogP contribution in [0.2, 0.25) is 0 Å². The molecule has 1 atom stereocenters. The van der Waals surface area contributed by atoms with Gasteiger partial charge in [0.2, 0.25) is 0 Å². The van der Waals surface area contributed by atoms with Gasteiger partial charge in [-0.2, -0.15) is 11.8 Å². The molecule has 1 aromatic heterocycles. The molecular formula is C15H28N4S. The van der Waals surface area contributed by atoms with Crippen molar-refractivity contribution in [2.24, 2.45) is 0 Å². The van der Waals surface area contributed by atoms with Gasteiger partial charge in [-0.05, 0) is 19.6 Å². The van der Waals surface area contributed by atoms with Gasteiger partial charge in [-0.1, -0.05) is 27.7 Å². The van der Waals surface area contributed by atoms with Gasteiger partial charge in [0, 0.05) is 29.8 Å². The normalized spacial score (nSPS) is 13.1. The summed E-state index contributed by atoms with van der Waals surface area (Å²) in [5.41, 5.74) is -0.0472. The van der Waals surface area contributed by atoms with Crippen LogP contribution >= 0.6 is 11.8 Å². The van der Waals surface area contributed by atoms with E-state index in [4.69, 9.17) is 0 Å². The lowest BCUT2D eigenvalue weighted by Gasteiger charge is -2.19. The van der Waals surface area contributed by atoms with Crippen LogP contribution in [0.25, 0.3) is 0 Å². The maximum atomic E-state index is 4.64. The number of hydrogen-bond donors (Lipinski definition) is 2. The van der Waals surface area contributed by atoms with E-state index in [1.807, 2.05) is 17.8 Å². The monoisotopic (exact) mass is 296 g/mol. The molecule has 0 aliphatic carbocycles. The molecule has 0 amide bonds. The Kier molecular flexibility index (Phi) is 6.59. The van der Waals surface area contributed by atoms with Crippen LogP contribution in [0, 0.1) is 0 Å². The zero-order chi connectivity index (χ0) is 15.2. The summed E-state index contributed by atoms with van der Waals surface area (Å²) in [7, 11) is 0. The van der Waals surface area contributed by atoms with Crippen LogP contribution in [0.15, 0.2) is 6.07 Å². The number of hydrogen-bond acceptors (Lipinski definition) is 5. The summed E-state index contributed by atoms with van der Waals surface area (Å²) in [6.45, 7) is 12.5. The second kappa shape index (κ2) is 7.72. The van der Waals surface area contributed by atoms with Crippen molar-refractivity contribution >= 4 is 23.4 Å². The third kappa shape index (κ3) is 5.57. The second-order valence-corrected chi connectivity index (χ2v) is 7.28. The predicted octanol–water partition coefficient (Wildman–Crippen LogP) is 3.76. The van der Waals surface area contributed by atoms with Gasteiger partial charge in [-0.15, -0.1) is 0 Å². The molecule has 0 radical (unpaired) electrons. The Labute approximate surface area is 127 Å². The third-order valence-corrected chi connectivity index (χ3v) is 4.05. The van der Waals surface area contributed by atoms with E-state index >= 15 is 0 Å². The zero-order valence-corrected chi connectivity index (χ0v) is 14.4. The van der Waals surface area contributed by atoms with Crippen LogP contribution in [0.1, 0.15) is 46.9 Å². The fourth-order valence-corrected chi connectivity index (χ4v) is 2.02. The molecule has 0 aliphatic rings. The Bertz CT molecular complexity index is 415. The summed E-state index contributed by atoms with van der Waals surface area (Å²) < 4.78 is 0. The minimum absolute atomic E-state index is 0.0472. The van der Waals surface area contributed by atoms with Gasteiger partial charge in [-0.25, -0.2) is 9.97 Å².